The molecule has 8 heteroatoms. The smallest absolute Gasteiger partial charge is 0.308 e. The van der Waals surface area contributed by atoms with Gasteiger partial charge in [0.2, 0.25) is 0 Å². The fourth-order valence-corrected chi connectivity index (χ4v) is 4.16. The Morgan fingerprint density at radius 1 is 1.14 bits per heavy atom. The number of piperidine rings is 1. The Hall–Kier alpha value is -1.50. The number of ether oxygens (including phenoxy) is 2. The van der Waals surface area contributed by atoms with Crippen molar-refractivity contribution in [2.45, 2.75) is 44.6 Å². The summed E-state index contributed by atoms with van der Waals surface area (Å²) in [5.74, 6) is 0.810. The number of methoxy groups -OCH3 is 1. The van der Waals surface area contributed by atoms with E-state index in [0.29, 0.717) is 28.9 Å². The summed E-state index contributed by atoms with van der Waals surface area (Å²) in [5.41, 5.74) is 0.523. The van der Waals surface area contributed by atoms with E-state index in [0.717, 1.165) is 51.6 Å². The number of halogens is 2. The van der Waals surface area contributed by atoms with Gasteiger partial charge < -0.3 is 20.1 Å². The van der Waals surface area contributed by atoms with Crippen LogP contribution in [-0.2, 0) is 9.53 Å². The minimum absolute atomic E-state index is 0. The standard InChI is InChI=1S/C21H29ClN2O4.ClH/c1-27-21(26)15-2-5-17(6-3-15)24-20(25)16-4-7-19(18(22)12-16)28-13-14-8-10-23-11-9-14;/h4,7,12,14-15,17,23H,2-3,5-6,8-11,13H2,1H3,(H,24,25);1H. The zero-order valence-electron chi connectivity index (χ0n) is 16.7. The fourth-order valence-electron chi connectivity index (χ4n) is 3.92. The number of esters is 1. The lowest BCUT2D eigenvalue weighted by atomic mass is 9.86. The first kappa shape index (κ1) is 23.8. The number of carbonyl (C=O) groups excluding carboxylic acids is 2. The lowest BCUT2D eigenvalue weighted by molar-refractivity contribution is -0.146. The largest absolute Gasteiger partial charge is 0.492 e. The summed E-state index contributed by atoms with van der Waals surface area (Å²) in [6.07, 6.45) is 5.24. The van der Waals surface area contributed by atoms with Crippen molar-refractivity contribution in [3.63, 3.8) is 0 Å². The summed E-state index contributed by atoms with van der Waals surface area (Å²) in [7, 11) is 1.42. The van der Waals surface area contributed by atoms with E-state index >= 15 is 0 Å². The van der Waals surface area contributed by atoms with Crippen LogP contribution < -0.4 is 15.4 Å². The monoisotopic (exact) mass is 444 g/mol. The molecule has 1 aromatic carbocycles. The van der Waals surface area contributed by atoms with Gasteiger partial charge in [-0.05, 0) is 75.7 Å². The van der Waals surface area contributed by atoms with Crippen LogP contribution in [0.15, 0.2) is 18.2 Å². The van der Waals surface area contributed by atoms with Gasteiger partial charge in [-0.3, -0.25) is 9.59 Å². The van der Waals surface area contributed by atoms with Crippen LogP contribution in [0.2, 0.25) is 5.02 Å². The molecule has 1 aliphatic carbocycles. The quantitative estimate of drug-likeness (QED) is 0.655. The van der Waals surface area contributed by atoms with Crippen molar-refractivity contribution < 1.29 is 19.1 Å². The van der Waals surface area contributed by atoms with E-state index < -0.39 is 0 Å². The van der Waals surface area contributed by atoms with Crippen molar-refractivity contribution in [3.05, 3.63) is 28.8 Å². The summed E-state index contributed by atoms with van der Waals surface area (Å²) in [4.78, 5) is 24.1. The Morgan fingerprint density at radius 2 is 1.83 bits per heavy atom. The zero-order valence-corrected chi connectivity index (χ0v) is 18.3. The van der Waals surface area contributed by atoms with Crippen LogP contribution in [0.25, 0.3) is 0 Å². The molecule has 2 N–H and O–H groups in total. The lowest BCUT2D eigenvalue weighted by Crippen LogP contribution is -2.38. The predicted molar refractivity (Wildman–Crippen MR) is 115 cm³/mol. The van der Waals surface area contributed by atoms with Gasteiger partial charge in [0.1, 0.15) is 5.75 Å². The van der Waals surface area contributed by atoms with Crippen LogP contribution in [-0.4, -0.2) is 44.7 Å². The van der Waals surface area contributed by atoms with Crippen LogP contribution >= 0.6 is 24.0 Å². The SMILES string of the molecule is COC(=O)C1CCC(NC(=O)c2ccc(OCC3CCNCC3)c(Cl)c2)CC1.Cl. The number of rotatable bonds is 6. The molecule has 0 radical (unpaired) electrons. The maximum absolute atomic E-state index is 12.5. The van der Waals surface area contributed by atoms with Crippen LogP contribution in [0.3, 0.4) is 0 Å². The number of benzene rings is 1. The highest BCUT2D eigenvalue weighted by Gasteiger charge is 2.28. The molecule has 1 aromatic rings. The van der Waals surface area contributed by atoms with Crippen LogP contribution in [0.1, 0.15) is 48.9 Å². The maximum Gasteiger partial charge on any atom is 0.308 e. The maximum atomic E-state index is 12.5. The Bertz CT molecular complexity index is 687. The molecule has 162 valence electrons. The van der Waals surface area contributed by atoms with Gasteiger partial charge in [-0.25, -0.2) is 0 Å². The first-order valence-corrected chi connectivity index (χ1v) is 10.5. The van der Waals surface area contributed by atoms with Crippen LogP contribution in [0, 0.1) is 11.8 Å². The molecule has 1 amide bonds. The van der Waals surface area contributed by atoms with E-state index in [1.54, 1.807) is 18.2 Å². The highest BCUT2D eigenvalue weighted by Crippen LogP contribution is 2.28. The first-order chi connectivity index (χ1) is 13.6. The molecule has 3 rings (SSSR count). The summed E-state index contributed by atoms with van der Waals surface area (Å²) in [5, 5.41) is 6.84. The van der Waals surface area contributed by atoms with Crippen molar-refractivity contribution in [1.29, 1.82) is 0 Å². The first-order valence-electron chi connectivity index (χ1n) is 10.1. The van der Waals surface area contributed by atoms with Gasteiger partial charge in [0, 0.05) is 11.6 Å². The summed E-state index contributed by atoms with van der Waals surface area (Å²) in [6.45, 7) is 2.71. The van der Waals surface area contributed by atoms with Gasteiger partial charge in [0.15, 0.2) is 0 Å². The summed E-state index contributed by atoms with van der Waals surface area (Å²) < 4.78 is 10.7. The second-order valence-electron chi connectivity index (χ2n) is 7.69. The third-order valence-electron chi connectivity index (χ3n) is 5.72. The van der Waals surface area contributed by atoms with Gasteiger partial charge in [-0.2, -0.15) is 0 Å². The number of carbonyl (C=O) groups is 2. The Kier molecular flexibility index (Phi) is 9.53. The summed E-state index contributed by atoms with van der Waals surface area (Å²) in [6, 6.07) is 5.25. The molecule has 1 heterocycles. The Balaban J connectivity index is 0.00000300. The van der Waals surface area contributed by atoms with Gasteiger partial charge in [0.25, 0.3) is 5.91 Å². The molecule has 0 aromatic heterocycles. The van der Waals surface area contributed by atoms with Gasteiger partial charge in [-0.1, -0.05) is 11.6 Å². The minimum atomic E-state index is -0.156. The highest BCUT2D eigenvalue weighted by atomic mass is 35.5. The third kappa shape index (κ3) is 6.76. The van der Waals surface area contributed by atoms with Crippen LogP contribution in [0.5, 0.6) is 5.75 Å². The van der Waals surface area contributed by atoms with E-state index in [9.17, 15) is 9.59 Å². The number of nitrogens with one attached hydrogen (secondary N) is 2. The predicted octanol–water partition coefficient (Wildman–Crippen LogP) is 3.60. The molecule has 29 heavy (non-hydrogen) atoms. The lowest BCUT2D eigenvalue weighted by Gasteiger charge is -2.27. The van der Waals surface area contributed by atoms with E-state index in [1.165, 1.54) is 7.11 Å². The molecule has 0 spiro atoms. The molecular formula is C21H30Cl2N2O4. The molecule has 0 atom stereocenters. The van der Waals surface area contributed by atoms with Crippen molar-refractivity contribution in [2.75, 3.05) is 26.8 Å². The van der Waals surface area contributed by atoms with Crippen molar-refractivity contribution in [3.8, 4) is 5.75 Å². The second-order valence-corrected chi connectivity index (χ2v) is 8.10. The third-order valence-corrected chi connectivity index (χ3v) is 6.02. The van der Waals surface area contributed by atoms with Gasteiger partial charge >= 0.3 is 5.97 Å². The molecular weight excluding hydrogens is 415 g/mol. The molecule has 6 nitrogen and oxygen atoms in total. The molecule has 0 unspecified atom stereocenters. The van der Waals surface area contributed by atoms with E-state index in [1.807, 2.05) is 0 Å². The molecule has 1 aliphatic heterocycles. The van der Waals surface area contributed by atoms with E-state index in [-0.39, 0.29) is 36.2 Å². The number of hydrogen-bond donors (Lipinski definition) is 2. The minimum Gasteiger partial charge on any atom is -0.492 e. The average Bonchev–Trinajstić information content (AvgIpc) is 2.73. The van der Waals surface area contributed by atoms with Gasteiger partial charge in [0.05, 0.1) is 24.7 Å². The average molecular weight is 445 g/mol. The number of hydrogen-bond acceptors (Lipinski definition) is 5. The fraction of sp³-hybridized carbons (Fsp3) is 0.619. The second kappa shape index (κ2) is 11.6. The summed E-state index contributed by atoms with van der Waals surface area (Å²) >= 11 is 6.34. The normalized spacial score (nSPS) is 22.3. The van der Waals surface area contributed by atoms with Crippen molar-refractivity contribution in [1.82, 2.24) is 10.6 Å². The van der Waals surface area contributed by atoms with E-state index in [2.05, 4.69) is 10.6 Å². The molecule has 1 saturated carbocycles. The van der Waals surface area contributed by atoms with Crippen molar-refractivity contribution >= 4 is 35.9 Å². The number of amides is 1. The molecule has 1 saturated heterocycles. The van der Waals surface area contributed by atoms with Crippen LogP contribution in [0.4, 0.5) is 0 Å². The highest BCUT2D eigenvalue weighted by molar-refractivity contribution is 6.32. The molecule has 0 bridgehead atoms. The molecule has 2 fully saturated rings. The van der Waals surface area contributed by atoms with Crippen molar-refractivity contribution in [2.24, 2.45) is 11.8 Å². The Morgan fingerprint density at radius 3 is 2.45 bits per heavy atom. The van der Waals surface area contributed by atoms with Gasteiger partial charge in [-0.15, -0.1) is 12.4 Å². The zero-order chi connectivity index (χ0) is 19.9. The van der Waals surface area contributed by atoms with E-state index in [4.69, 9.17) is 21.1 Å². The topological polar surface area (TPSA) is 76.7 Å². The molecule has 2 aliphatic rings. The Labute approximate surface area is 183 Å².